The zero-order chi connectivity index (χ0) is 14.3. The first-order chi connectivity index (χ1) is 9.52. The van der Waals surface area contributed by atoms with Crippen molar-refractivity contribution in [1.82, 2.24) is 19.9 Å². The van der Waals surface area contributed by atoms with Crippen molar-refractivity contribution in [3.05, 3.63) is 33.3 Å². The fourth-order valence-corrected chi connectivity index (χ4v) is 3.52. The van der Waals surface area contributed by atoms with Gasteiger partial charge in [0.1, 0.15) is 10.7 Å². The Kier molecular flexibility index (Phi) is 3.33. The van der Waals surface area contributed by atoms with Crippen molar-refractivity contribution in [2.24, 2.45) is 0 Å². The first-order valence-electron chi connectivity index (χ1n) is 6.80. The summed E-state index contributed by atoms with van der Waals surface area (Å²) in [4.78, 5) is 21.8. The molecular weight excluding hydrogens is 272 g/mol. The molecule has 0 aliphatic carbocycles. The molecule has 3 heterocycles. The first-order valence-corrected chi connectivity index (χ1v) is 7.62. The molecule has 1 amide bonds. The monoisotopic (exact) mass is 290 g/mol. The minimum atomic E-state index is -0.00149. The lowest BCUT2D eigenvalue weighted by Gasteiger charge is -2.24. The molecular formula is C14H18N4OS. The number of hydrogen-bond donors (Lipinski definition) is 1. The molecule has 2 aromatic rings. The summed E-state index contributed by atoms with van der Waals surface area (Å²) in [5, 5.41) is 4.06. The van der Waals surface area contributed by atoms with Gasteiger partial charge in [0.25, 0.3) is 5.91 Å². The number of thiazole rings is 1. The van der Waals surface area contributed by atoms with Crippen LogP contribution in [0.4, 0.5) is 0 Å². The van der Waals surface area contributed by atoms with E-state index >= 15 is 0 Å². The van der Waals surface area contributed by atoms with E-state index in [1.54, 1.807) is 0 Å². The summed E-state index contributed by atoms with van der Waals surface area (Å²) in [6.07, 6.45) is 3.91. The summed E-state index contributed by atoms with van der Waals surface area (Å²) in [6, 6.07) is 0.172. The zero-order valence-electron chi connectivity index (χ0n) is 11.9. The smallest absolute Gasteiger partial charge is 0.263 e. The van der Waals surface area contributed by atoms with E-state index in [0.29, 0.717) is 0 Å². The molecule has 6 heteroatoms. The van der Waals surface area contributed by atoms with E-state index in [-0.39, 0.29) is 11.9 Å². The number of amides is 1. The van der Waals surface area contributed by atoms with Crippen molar-refractivity contribution < 1.29 is 4.79 Å². The quantitative estimate of drug-likeness (QED) is 0.920. The number of carbonyl (C=O) groups is 1. The van der Waals surface area contributed by atoms with Crippen LogP contribution in [0.2, 0.25) is 0 Å². The lowest BCUT2D eigenvalue weighted by molar-refractivity contribution is 0.0931. The highest BCUT2D eigenvalue weighted by Crippen LogP contribution is 2.19. The Bertz CT molecular complexity index is 658. The van der Waals surface area contributed by atoms with Gasteiger partial charge in [0, 0.05) is 25.2 Å². The van der Waals surface area contributed by atoms with Crippen LogP contribution >= 0.6 is 11.3 Å². The van der Waals surface area contributed by atoms with E-state index < -0.39 is 0 Å². The summed E-state index contributed by atoms with van der Waals surface area (Å²) < 4.78 is 2.15. The number of hydrogen-bond acceptors (Lipinski definition) is 4. The average Bonchev–Trinajstić information content (AvgIpc) is 2.90. The van der Waals surface area contributed by atoms with Crippen molar-refractivity contribution in [2.75, 3.05) is 0 Å². The van der Waals surface area contributed by atoms with Gasteiger partial charge >= 0.3 is 0 Å². The zero-order valence-corrected chi connectivity index (χ0v) is 12.8. The Labute approximate surface area is 122 Å². The van der Waals surface area contributed by atoms with Crippen molar-refractivity contribution in [3.63, 3.8) is 0 Å². The molecule has 1 unspecified atom stereocenters. The topological polar surface area (TPSA) is 59.8 Å². The van der Waals surface area contributed by atoms with Crippen molar-refractivity contribution in [3.8, 4) is 0 Å². The maximum Gasteiger partial charge on any atom is 0.263 e. The molecule has 1 aliphatic rings. The predicted molar refractivity (Wildman–Crippen MR) is 78.1 cm³/mol. The van der Waals surface area contributed by atoms with Crippen LogP contribution in [-0.4, -0.2) is 26.5 Å². The van der Waals surface area contributed by atoms with E-state index in [2.05, 4.69) is 26.0 Å². The molecule has 1 aliphatic heterocycles. The molecule has 20 heavy (non-hydrogen) atoms. The first kappa shape index (κ1) is 13.3. The van der Waals surface area contributed by atoms with Gasteiger partial charge in [-0.25, -0.2) is 9.97 Å². The van der Waals surface area contributed by atoms with Gasteiger partial charge in [-0.2, -0.15) is 0 Å². The van der Waals surface area contributed by atoms with Crippen LogP contribution in [0.3, 0.4) is 0 Å². The minimum absolute atomic E-state index is 0.00149. The van der Waals surface area contributed by atoms with Crippen molar-refractivity contribution in [2.45, 2.75) is 46.2 Å². The average molecular weight is 290 g/mol. The van der Waals surface area contributed by atoms with E-state index in [1.807, 2.05) is 20.8 Å². The number of carbonyl (C=O) groups excluding carboxylic acids is 1. The van der Waals surface area contributed by atoms with Gasteiger partial charge in [-0.05, 0) is 27.2 Å². The Balaban J connectivity index is 1.70. The molecule has 3 rings (SSSR count). The Hall–Kier alpha value is -1.69. The maximum absolute atomic E-state index is 12.3. The normalized spacial score (nSPS) is 17.9. The van der Waals surface area contributed by atoms with Gasteiger partial charge in [0.15, 0.2) is 0 Å². The fourth-order valence-electron chi connectivity index (χ4n) is 2.70. The number of imidazole rings is 1. The summed E-state index contributed by atoms with van der Waals surface area (Å²) in [5.74, 6) is 1.12. The largest absolute Gasteiger partial charge is 0.347 e. The maximum atomic E-state index is 12.3. The van der Waals surface area contributed by atoms with Gasteiger partial charge < -0.3 is 9.88 Å². The second-order valence-electron chi connectivity index (χ2n) is 5.31. The molecule has 1 N–H and O–H groups in total. The Morgan fingerprint density at radius 1 is 1.40 bits per heavy atom. The molecule has 0 fully saturated rings. The van der Waals surface area contributed by atoms with E-state index in [1.165, 1.54) is 11.3 Å². The second kappa shape index (κ2) is 5.01. The predicted octanol–water partition coefficient (Wildman–Crippen LogP) is 2.01. The minimum Gasteiger partial charge on any atom is -0.347 e. The third kappa shape index (κ3) is 2.47. The number of aryl methyl sites for hydroxylation is 4. The van der Waals surface area contributed by atoms with Gasteiger partial charge in [-0.3, -0.25) is 4.79 Å². The molecule has 0 aromatic carbocycles. The number of nitrogens with zero attached hydrogens (tertiary/aromatic N) is 3. The molecule has 0 radical (unpaired) electrons. The van der Waals surface area contributed by atoms with Gasteiger partial charge in [-0.1, -0.05) is 0 Å². The van der Waals surface area contributed by atoms with E-state index in [4.69, 9.17) is 0 Å². The molecule has 5 nitrogen and oxygen atoms in total. The lowest BCUT2D eigenvalue weighted by Crippen LogP contribution is -2.40. The van der Waals surface area contributed by atoms with Crippen molar-refractivity contribution in [1.29, 1.82) is 0 Å². The number of aromatic nitrogens is 3. The van der Waals surface area contributed by atoms with Crippen LogP contribution in [0.1, 0.15) is 38.3 Å². The van der Waals surface area contributed by atoms with Gasteiger partial charge in [-0.15, -0.1) is 11.3 Å². The highest BCUT2D eigenvalue weighted by molar-refractivity contribution is 7.13. The van der Waals surface area contributed by atoms with Crippen LogP contribution in [0.25, 0.3) is 0 Å². The SMILES string of the molecule is Cc1cn2c(n1)CCC(NC(=O)c1sc(C)nc1C)C2. The molecule has 0 bridgehead atoms. The van der Waals surface area contributed by atoms with Crippen LogP contribution in [0, 0.1) is 20.8 Å². The summed E-state index contributed by atoms with van der Waals surface area (Å²) >= 11 is 1.46. The molecule has 1 atom stereocenters. The number of nitrogens with one attached hydrogen (secondary N) is 1. The summed E-state index contributed by atoms with van der Waals surface area (Å²) in [6.45, 7) is 6.62. The number of fused-ring (bicyclic) bond motifs is 1. The van der Waals surface area contributed by atoms with Crippen LogP contribution in [0.15, 0.2) is 6.20 Å². The number of rotatable bonds is 2. The second-order valence-corrected chi connectivity index (χ2v) is 6.51. The standard InChI is InChI=1S/C14H18N4OS/c1-8-6-18-7-11(4-5-12(18)15-8)17-14(19)13-9(2)16-10(3)20-13/h6,11H,4-5,7H2,1-3H3,(H,17,19). The molecule has 0 spiro atoms. The third-order valence-electron chi connectivity index (χ3n) is 3.56. The lowest BCUT2D eigenvalue weighted by atomic mass is 10.1. The van der Waals surface area contributed by atoms with Gasteiger partial charge in [0.2, 0.25) is 0 Å². The Morgan fingerprint density at radius 2 is 2.20 bits per heavy atom. The highest BCUT2D eigenvalue weighted by atomic mass is 32.1. The molecule has 0 saturated heterocycles. The molecule has 0 saturated carbocycles. The summed E-state index contributed by atoms with van der Waals surface area (Å²) in [7, 11) is 0. The van der Waals surface area contributed by atoms with Crippen molar-refractivity contribution >= 4 is 17.2 Å². The van der Waals surface area contributed by atoms with Crippen LogP contribution < -0.4 is 5.32 Å². The fraction of sp³-hybridized carbons (Fsp3) is 0.500. The Morgan fingerprint density at radius 3 is 2.90 bits per heavy atom. The van der Waals surface area contributed by atoms with E-state index in [0.717, 1.165) is 46.5 Å². The molecule has 2 aromatic heterocycles. The highest BCUT2D eigenvalue weighted by Gasteiger charge is 2.23. The van der Waals surface area contributed by atoms with Crippen LogP contribution in [0.5, 0.6) is 0 Å². The van der Waals surface area contributed by atoms with Gasteiger partial charge in [0.05, 0.1) is 16.4 Å². The van der Waals surface area contributed by atoms with E-state index in [9.17, 15) is 4.79 Å². The molecule has 106 valence electrons. The summed E-state index contributed by atoms with van der Waals surface area (Å²) in [5.41, 5.74) is 1.86. The third-order valence-corrected chi connectivity index (χ3v) is 4.63. The van der Waals surface area contributed by atoms with Crippen LogP contribution in [-0.2, 0) is 13.0 Å².